The minimum Gasteiger partial charge on any atom is -0.313 e. The number of allylic oxidation sites excluding steroid dienone is 4. The number of ketones is 1. The molecule has 0 amide bonds. The number of halogens is 2. The van der Waals surface area contributed by atoms with Gasteiger partial charge in [-0.25, -0.2) is 0 Å². The van der Waals surface area contributed by atoms with E-state index in [4.69, 9.17) is 28.6 Å². The highest BCUT2D eigenvalue weighted by molar-refractivity contribution is 6.36. The van der Waals surface area contributed by atoms with Crippen LogP contribution >= 0.6 is 23.2 Å². The predicted molar refractivity (Wildman–Crippen MR) is 89.7 cm³/mol. The van der Waals surface area contributed by atoms with E-state index in [2.05, 4.69) is 0 Å². The van der Waals surface area contributed by atoms with Crippen LogP contribution < -0.4 is 5.62 Å². The lowest BCUT2D eigenvalue weighted by Crippen LogP contribution is -2.29. The molecule has 0 aliphatic heterocycles. The Kier molecular flexibility index (Phi) is 3.98. The molecule has 1 atom stereocenters. The van der Waals surface area contributed by atoms with Crippen molar-refractivity contribution in [3.8, 4) is 0 Å². The summed E-state index contributed by atoms with van der Waals surface area (Å²) in [6.45, 7) is 0.236. The number of hydrogen-bond acceptors (Lipinski definition) is 1. The van der Waals surface area contributed by atoms with Crippen molar-refractivity contribution in [1.29, 1.82) is 5.41 Å². The highest BCUT2D eigenvalue weighted by Gasteiger charge is 2.29. The second-order valence-corrected chi connectivity index (χ2v) is 6.23. The van der Waals surface area contributed by atoms with Crippen molar-refractivity contribution < 1.29 is 4.79 Å². The molecule has 4 nitrogen and oxygen atoms in total. The Morgan fingerprint density at radius 3 is 2.68 bits per heavy atom. The minimum atomic E-state index is -0.268. The number of para-hydroxylation sites is 2. The van der Waals surface area contributed by atoms with Gasteiger partial charge in [0.25, 0.3) is 0 Å². The van der Waals surface area contributed by atoms with Gasteiger partial charge in [0, 0.05) is 17.1 Å². The van der Waals surface area contributed by atoms with Crippen LogP contribution in [0.25, 0.3) is 11.0 Å². The van der Waals surface area contributed by atoms with E-state index in [1.54, 1.807) is 15.2 Å². The highest BCUT2D eigenvalue weighted by Crippen LogP contribution is 2.29. The van der Waals surface area contributed by atoms with E-state index >= 15 is 0 Å². The molecule has 1 aromatic heterocycles. The van der Waals surface area contributed by atoms with E-state index in [0.717, 1.165) is 11.0 Å². The summed E-state index contributed by atoms with van der Waals surface area (Å²) in [4.78, 5) is 10.5. The number of rotatable bonds is 3. The number of nitrogens with zero attached hydrogens (tertiary/aromatic N) is 2. The second kappa shape index (κ2) is 5.78. The number of benzene rings is 1. The van der Waals surface area contributed by atoms with E-state index in [1.165, 1.54) is 0 Å². The Balaban J connectivity index is 1.95. The first-order valence-corrected chi connectivity index (χ1v) is 7.71. The molecule has 1 aliphatic carbocycles. The first-order chi connectivity index (χ1) is 10.5. The molecule has 1 unspecified atom stereocenters. The maximum absolute atomic E-state index is 10.5. The maximum atomic E-state index is 10.5. The lowest BCUT2D eigenvalue weighted by Gasteiger charge is -2.13. The highest BCUT2D eigenvalue weighted by atomic mass is 35.5. The lowest BCUT2D eigenvalue weighted by atomic mass is 9.95. The Morgan fingerprint density at radius 1 is 1.32 bits per heavy atom. The van der Waals surface area contributed by atoms with Gasteiger partial charge in [-0.05, 0) is 24.6 Å². The standard InChI is InChI=1S/C16H15Cl2N3O/c1-20-13-4-2-3-5-14(13)21(16(20)19)9-15(22)11-7-6-10(17)8-12(11)18/h2-6,8,11,19H,7,9H2,1H3/p+1. The maximum Gasteiger partial charge on any atom is 0.321 e. The zero-order valence-corrected chi connectivity index (χ0v) is 13.6. The van der Waals surface area contributed by atoms with Crippen molar-refractivity contribution in [1.82, 2.24) is 9.13 Å². The summed E-state index contributed by atoms with van der Waals surface area (Å²) in [5, 5.41) is 9.35. The van der Waals surface area contributed by atoms with Crippen molar-refractivity contribution in [2.24, 2.45) is 13.0 Å². The van der Waals surface area contributed by atoms with Crippen molar-refractivity contribution in [2.75, 3.05) is 0 Å². The summed E-state index contributed by atoms with van der Waals surface area (Å²) in [6, 6.07) is 7.75. The van der Waals surface area contributed by atoms with Crippen molar-refractivity contribution in [2.45, 2.75) is 13.0 Å². The van der Waals surface area contributed by atoms with Crippen LogP contribution in [0.5, 0.6) is 0 Å². The fraction of sp³-hybridized carbons (Fsp3) is 0.250. The molecule has 0 fully saturated rings. The molecule has 0 radical (unpaired) electrons. The molecule has 22 heavy (non-hydrogen) atoms. The Hall–Kier alpha value is -1.78. The number of fused-ring (bicyclic) bond motifs is 1. The van der Waals surface area contributed by atoms with Gasteiger partial charge in [-0.2, -0.15) is 0 Å². The number of imidazole rings is 1. The molecule has 6 heteroatoms. The van der Waals surface area contributed by atoms with Gasteiger partial charge in [0.15, 0.2) is 0 Å². The largest absolute Gasteiger partial charge is 0.321 e. The van der Waals surface area contributed by atoms with Crippen LogP contribution in [0.15, 0.2) is 46.5 Å². The van der Waals surface area contributed by atoms with Gasteiger partial charge in [-0.3, -0.25) is 14.8 Å². The predicted octanol–water partition coefficient (Wildman–Crippen LogP) is 3.27. The average Bonchev–Trinajstić information content (AvgIpc) is 2.73. The van der Waals surface area contributed by atoms with E-state index in [-0.39, 0.29) is 18.2 Å². The van der Waals surface area contributed by atoms with E-state index < -0.39 is 0 Å². The lowest BCUT2D eigenvalue weighted by molar-refractivity contribution is 0.581. The van der Waals surface area contributed by atoms with Gasteiger partial charge in [-0.1, -0.05) is 41.4 Å². The molecule has 2 N–H and O–H groups in total. The number of nitrogens with one attached hydrogen (secondary N) is 1. The first-order valence-electron chi connectivity index (χ1n) is 6.95. The van der Waals surface area contributed by atoms with E-state index in [9.17, 15) is 4.79 Å². The van der Waals surface area contributed by atoms with Crippen LogP contribution in [0, 0.1) is 11.3 Å². The molecule has 0 saturated heterocycles. The van der Waals surface area contributed by atoms with Crippen LogP contribution in [-0.2, 0) is 13.6 Å². The van der Waals surface area contributed by atoms with Gasteiger partial charge < -0.3 is 4.57 Å². The molecule has 1 aliphatic rings. The topological polar surface area (TPSA) is 55.1 Å². The van der Waals surface area contributed by atoms with Crippen molar-refractivity contribution in [3.63, 3.8) is 0 Å². The second-order valence-electron chi connectivity index (χ2n) is 5.36. The third kappa shape index (κ3) is 2.53. The third-order valence-electron chi connectivity index (χ3n) is 3.99. The molecule has 0 saturated carbocycles. The fourth-order valence-corrected chi connectivity index (χ4v) is 3.34. The summed E-state index contributed by atoms with van der Waals surface area (Å²) in [6.07, 6.45) is 4.06. The van der Waals surface area contributed by atoms with Gasteiger partial charge in [0.05, 0.1) is 11.0 Å². The summed E-state index contributed by atoms with van der Waals surface area (Å²) in [5.74, 6) is -0.0356. The smallest absolute Gasteiger partial charge is 0.313 e. The summed E-state index contributed by atoms with van der Waals surface area (Å²) in [7, 11) is 1.84. The van der Waals surface area contributed by atoms with Gasteiger partial charge >= 0.3 is 5.78 Å². The van der Waals surface area contributed by atoms with E-state index in [1.807, 2.05) is 37.4 Å². The Bertz CT molecular complexity index is 873. The first kappa shape index (κ1) is 15.1. The van der Waals surface area contributed by atoms with Crippen LogP contribution in [0.4, 0.5) is 0 Å². The SMILES string of the molecule is Cn1c(=N)n(CC(=[OH+])C2CC=C(Cl)C=C2Cl)c2ccccc21. The quantitative estimate of drug-likeness (QED) is 0.836. The van der Waals surface area contributed by atoms with E-state index in [0.29, 0.717) is 22.1 Å². The number of hydrogen-bond donors (Lipinski definition) is 1. The van der Waals surface area contributed by atoms with Crippen LogP contribution in [0.3, 0.4) is 0 Å². The third-order valence-corrected chi connectivity index (χ3v) is 4.62. The number of aromatic nitrogens is 2. The average molecular weight is 337 g/mol. The molecular formula is C16H16Cl2N3O+. The molecule has 3 rings (SSSR count). The van der Waals surface area contributed by atoms with Crippen LogP contribution in [0.1, 0.15) is 6.42 Å². The Labute approximate surface area is 137 Å². The summed E-state index contributed by atoms with van der Waals surface area (Å²) >= 11 is 12.1. The molecule has 114 valence electrons. The van der Waals surface area contributed by atoms with Crippen molar-refractivity contribution in [3.05, 3.63) is 52.1 Å². The zero-order chi connectivity index (χ0) is 15.9. The van der Waals surface area contributed by atoms with Crippen molar-refractivity contribution >= 4 is 40.0 Å². The summed E-state index contributed by atoms with van der Waals surface area (Å²) < 4.78 is 3.56. The summed E-state index contributed by atoms with van der Waals surface area (Å²) in [5.41, 5.74) is 2.19. The fourth-order valence-electron chi connectivity index (χ4n) is 2.75. The van der Waals surface area contributed by atoms with Gasteiger partial charge in [0.2, 0.25) is 5.62 Å². The molecule has 2 aromatic rings. The monoisotopic (exact) mass is 336 g/mol. The molecule has 1 heterocycles. The molecule has 1 aromatic carbocycles. The number of carbonyl (C=O) groups excluding carboxylic acids is 1. The molecule has 0 spiro atoms. The normalized spacial score (nSPS) is 18.2. The van der Waals surface area contributed by atoms with Gasteiger partial charge in [0.1, 0.15) is 12.5 Å². The Morgan fingerprint density at radius 2 is 2.00 bits per heavy atom. The minimum absolute atomic E-state index is 0.233. The van der Waals surface area contributed by atoms with Crippen LogP contribution in [0.2, 0.25) is 0 Å². The molecule has 0 bridgehead atoms. The van der Waals surface area contributed by atoms with Crippen LogP contribution in [-0.4, -0.2) is 19.7 Å². The molecular weight excluding hydrogens is 321 g/mol. The van der Waals surface area contributed by atoms with Gasteiger partial charge in [-0.15, -0.1) is 0 Å². The number of aryl methyl sites for hydroxylation is 1. The zero-order valence-electron chi connectivity index (χ0n) is 12.1.